The molecule has 17 heavy (non-hydrogen) atoms. The van der Waals surface area contributed by atoms with Crippen molar-refractivity contribution < 1.29 is 4.74 Å². The maximum Gasteiger partial charge on any atom is 0.128 e. The number of ether oxygens (including phenoxy) is 1. The molecule has 1 rings (SSSR count). The summed E-state index contributed by atoms with van der Waals surface area (Å²) in [5, 5.41) is 0. The number of aromatic nitrogens is 2. The lowest BCUT2D eigenvalue weighted by atomic mass is 10.1. The van der Waals surface area contributed by atoms with Crippen molar-refractivity contribution in [3.8, 4) is 0 Å². The fourth-order valence-corrected chi connectivity index (χ4v) is 2.08. The van der Waals surface area contributed by atoms with Crippen LogP contribution in [0.3, 0.4) is 0 Å². The Balaban J connectivity index is 2.76. The fourth-order valence-electron chi connectivity index (χ4n) is 2.08. The molecule has 2 N–H and O–H groups in total. The molecule has 0 aliphatic carbocycles. The summed E-state index contributed by atoms with van der Waals surface area (Å²) in [5.74, 6) is 0.943. The highest BCUT2D eigenvalue weighted by atomic mass is 16.5. The molecular weight excluding hydrogens is 214 g/mol. The molecule has 0 aliphatic heterocycles. The van der Waals surface area contributed by atoms with Crippen LogP contribution in [0.1, 0.15) is 51.9 Å². The quantitative estimate of drug-likeness (QED) is 0.758. The Morgan fingerprint density at radius 1 is 1.35 bits per heavy atom. The highest BCUT2D eigenvalue weighted by Gasteiger charge is 2.22. The van der Waals surface area contributed by atoms with Crippen molar-refractivity contribution in [2.75, 3.05) is 6.61 Å². The molecule has 2 unspecified atom stereocenters. The van der Waals surface area contributed by atoms with Crippen molar-refractivity contribution in [1.29, 1.82) is 0 Å². The van der Waals surface area contributed by atoms with Crippen LogP contribution >= 0.6 is 0 Å². The first-order chi connectivity index (χ1) is 8.24. The summed E-state index contributed by atoms with van der Waals surface area (Å²) in [5.41, 5.74) is 6.28. The molecule has 0 radical (unpaired) electrons. The summed E-state index contributed by atoms with van der Waals surface area (Å²) in [7, 11) is 0. The summed E-state index contributed by atoms with van der Waals surface area (Å²) in [6.45, 7) is 7.98. The third-order valence-electron chi connectivity index (χ3n) is 2.86. The number of rotatable bonds is 8. The molecule has 1 heterocycles. The normalized spacial score (nSPS) is 14.8. The van der Waals surface area contributed by atoms with Gasteiger partial charge >= 0.3 is 0 Å². The van der Waals surface area contributed by atoms with E-state index in [9.17, 15) is 0 Å². The van der Waals surface area contributed by atoms with Gasteiger partial charge in [-0.2, -0.15) is 0 Å². The molecule has 0 saturated heterocycles. The molecule has 0 aliphatic rings. The van der Waals surface area contributed by atoms with Crippen molar-refractivity contribution in [3.05, 3.63) is 18.2 Å². The van der Waals surface area contributed by atoms with Crippen molar-refractivity contribution in [3.63, 3.8) is 0 Å². The maximum atomic E-state index is 6.28. The van der Waals surface area contributed by atoms with E-state index < -0.39 is 0 Å². The second-order valence-corrected chi connectivity index (χ2v) is 4.29. The van der Waals surface area contributed by atoms with Gasteiger partial charge in [0, 0.05) is 25.5 Å². The van der Waals surface area contributed by atoms with Crippen molar-refractivity contribution in [1.82, 2.24) is 9.55 Å². The van der Waals surface area contributed by atoms with Gasteiger partial charge in [-0.15, -0.1) is 0 Å². The molecule has 0 saturated carbocycles. The summed E-state index contributed by atoms with van der Waals surface area (Å²) in [6.07, 6.45) is 7.03. The highest BCUT2D eigenvalue weighted by Crippen LogP contribution is 2.19. The minimum Gasteiger partial charge on any atom is -0.376 e. The summed E-state index contributed by atoms with van der Waals surface area (Å²) >= 11 is 0. The van der Waals surface area contributed by atoms with Crippen LogP contribution in [0.4, 0.5) is 0 Å². The number of hydrogen-bond acceptors (Lipinski definition) is 3. The van der Waals surface area contributed by atoms with Crippen molar-refractivity contribution in [2.45, 2.75) is 58.7 Å². The maximum absolute atomic E-state index is 6.28. The third kappa shape index (κ3) is 3.82. The van der Waals surface area contributed by atoms with Gasteiger partial charge in [0.15, 0.2) is 0 Å². The van der Waals surface area contributed by atoms with Crippen LogP contribution in [0.25, 0.3) is 0 Å². The van der Waals surface area contributed by atoms with E-state index in [-0.39, 0.29) is 12.1 Å². The Labute approximate surface area is 104 Å². The first kappa shape index (κ1) is 14.2. The molecule has 98 valence electrons. The number of hydrogen-bond donors (Lipinski definition) is 1. The Morgan fingerprint density at radius 2 is 2.12 bits per heavy atom. The third-order valence-corrected chi connectivity index (χ3v) is 2.86. The van der Waals surface area contributed by atoms with Gasteiger partial charge in [0.1, 0.15) is 5.82 Å². The van der Waals surface area contributed by atoms with Gasteiger partial charge in [-0.05, 0) is 19.8 Å². The number of nitrogens with two attached hydrogens (primary N) is 1. The standard InChI is InChI=1S/C13H25N3O/c1-4-7-11(17-6-3)12(14)13-15-8-10-16(13)9-5-2/h8,10-12H,4-7,9,14H2,1-3H3. The van der Waals surface area contributed by atoms with Crippen LogP contribution in [-0.4, -0.2) is 22.3 Å². The van der Waals surface area contributed by atoms with Gasteiger partial charge in [-0.3, -0.25) is 0 Å². The zero-order valence-electron chi connectivity index (χ0n) is 11.2. The van der Waals surface area contributed by atoms with Crippen molar-refractivity contribution in [2.24, 2.45) is 5.73 Å². The summed E-state index contributed by atoms with van der Waals surface area (Å²) in [4.78, 5) is 4.38. The lowest BCUT2D eigenvalue weighted by molar-refractivity contribution is 0.0347. The molecule has 2 atom stereocenters. The number of aryl methyl sites for hydroxylation is 1. The number of imidazole rings is 1. The molecule has 0 bridgehead atoms. The van der Waals surface area contributed by atoms with Crippen molar-refractivity contribution >= 4 is 0 Å². The lowest BCUT2D eigenvalue weighted by Gasteiger charge is -2.23. The van der Waals surface area contributed by atoms with E-state index in [1.807, 2.05) is 19.3 Å². The fraction of sp³-hybridized carbons (Fsp3) is 0.769. The molecule has 0 amide bonds. The van der Waals surface area contributed by atoms with Gasteiger partial charge in [0.05, 0.1) is 12.1 Å². The zero-order valence-corrected chi connectivity index (χ0v) is 11.2. The van der Waals surface area contributed by atoms with E-state index in [0.29, 0.717) is 6.61 Å². The topological polar surface area (TPSA) is 53.1 Å². The molecule has 1 aromatic rings. The smallest absolute Gasteiger partial charge is 0.128 e. The van der Waals surface area contributed by atoms with Crippen LogP contribution in [0.15, 0.2) is 12.4 Å². The molecule has 1 aromatic heterocycles. The monoisotopic (exact) mass is 239 g/mol. The Kier molecular flexibility index (Phi) is 6.22. The minimum atomic E-state index is -0.128. The van der Waals surface area contributed by atoms with Crippen LogP contribution in [0.2, 0.25) is 0 Å². The van der Waals surface area contributed by atoms with E-state index in [1.54, 1.807) is 0 Å². The number of nitrogens with zero attached hydrogens (tertiary/aromatic N) is 2. The second kappa shape index (κ2) is 7.45. The van der Waals surface area contributed by atoms with Crippen LogP contribution in [-0.2, 0) is 11.3 Å². The Hall–Kier alpha value is -0.870. The molecule has 4 heteroatoms. The average Bonchev–Trinajstić information content (AvgIpc) is 2.77. The van der Waals surface area contributed by atoms with Gasteiger partial charge in [0.2, 0.25) is 0 Å². The van der Waals surface area contributed by atoms with Crippen LogP contribution < -0.4 is 5.73 Å². The largest absolute Gasteiger partial charge is 0.376 e. The van der Waals surface area contributed by atoms with E-state index >= 15 is 0 Å². The molecule has 0 spiro atoms. The first-order valence-electron chi connectivity index (χ1n) is 6.62. The summed E-state index contributed by atoms with van der Waals surface area (Å²) < 4.78 is 7.85. The van der Waals surface area contributed by atoms with Gasteiger partial charge in [-0.25, -0.2) is 4.98 Å². The SMILES string of the molecule is CCCC(OCC)C(N)c1nccn1CCC. The van der Waals surface area contributed by atoms with Crippen LogP contribution in [0, 0.1) is 0 Å². The van der Waals surface area contributed by atoms with Gasteiger partial charge in [0.25, 0.3) is 0 Å². The average molecular weight is 239 g/mol. The Bertz CT molecular complexity index is 305. The predicted molar refractivity (Wildman–Crippen MR) is 69.8 cm³/mol. The van der Waals surface area contributed by atoms with E-state index in [0.717, 1.165) is 31.6 Å². The Morgan fingerprint density at radius 3 is 2.71 bits per heavy atom. The molecule has 0 fully saturated rings. The zero-order chi connectivity index (χ0) is 12.7. The van der Waals surface area contributed by atoms with Gasteiger partial charge < -0.3 is 15.0 Å². The predicted octanol–water partition coefficient (Wildman–Crippen LogP) is 2.50. The first-order valence-corrected chi connectivity index (χ1v) is 6.62. The molecule has 0 aromatic carbocycles. The van der Waals surface area contributed by atoms with E-state index in [2.05, 4.69) is 23.4 Å². The van der Waals surface area contributed by atoms with Crippen LogP contribution in [0.5, 0.6) is 0 Å². The second-order valence-electron chi connectivity index (χ2n) is 4.29. The van der Waals surface area contributed by atoms with E-state index in [1.165, 1.54) is 0 Å². The van der Waals surface area contributed by atoms with E-state index in [4.69, 9.17) is 10.5 Å². The minimum absolute atomic E-state index is 0.0722. The van der Waals surface area contributed by atoms with Gasteiger partial charge in [-0.1, -0.05) is 20.3 Å². The summed E-state index contributed by atoms with van der Waals surface area (Å²) in [6, 6.07) is -0.128. The molecule has 4 nitrogen and oxygen atoms in total. The highest BCUT2D eigenvalue weighted by molar-refractivity contribution is 5.01. The lowest BCUT2D eigenvalue weighted by Crippen LogP contribution is -2.31. The molecular formula is C13H25N3O.